The molecule has 2 rings (SSSR count). The van der Waals surface area contributed by atoms with Crippen LogP contribution >= 0.6 is 0 Å². The highest BCUT2D eigenvalue weighted by atomic mass is 16.3. The van der Waals surface area contributed by atoms with E-state index in [1.165, 1.54) is 25.7 Å². The Morgan fingerprint density at radius 2 is 1.54 bits per heavy atom. The summed E-state index contributed by atoms with van der Waals surface area (Å²) in [6.07, 6.45) is 5.48. The van der Waals surface area contributed by atoms with Gasteiger partial charge in [-0.15, -0.1) is 0 Å². The number of aliphatic hydroxyl groups excluding tert-OH is 1. The van der Waals surface area contributed by atoms with Gasteiger partial charge in [-0.2, -0.15) is 0 Å². The first-order valence-electron chi connectivity index (χ1n) is 5.70. The molecule has 0 heterocycles. The Kier molecular flexibility index (Phi) is 2.18. The monoisotopic (exact) mass is 182 g/mol. The van der Waals surface area contributed by atoms with Crippen molar-refractivity contribution < 1.29 is 5.11 Å². The van der Waals surface area contributed by atoms with E-state index >= 15 is 0 Å². The van der Waals surface area contributed by atoms with Crippen LogP contribution in [0.3, 0.4) is 0 Å². The molecule has 1 nitrogen and oxygen atoms in total. The van der Waals surface area contributed by atoms with Crippen LogP contribution < -0.4 is 0 Å². The number of hydrogen-bond acceptors (Lipinski definition) is 1. The second kappa shape index (κ2) is 2.98. The van der Waals surface area contributed by atoms with E-state index in [1.807, 2.05) is 0 Å². The Hall–Kier alpha value is -0.0400. The first-order chi connectivity index (χ1) is 6.02. The minimum atomic E-state index is -0.0689. The Labute approximate surface area is 81.5 Å². The summed E-state index contributed by atoms with van der Waals surface area (Å²) < 4.78 is 0. The molecular weight excluding hydrogens is 160 g/mol. The maximum absolute atomic E-state index is 10.2. The summed E-state index contributed by atoms with van der Waals surface area (Å²) in [5.74, 6) is 2.40. The topological polar surface area (TPSA) is 20.2 Å². The molecule has 0 aliphatic heterocycles. The molecule has 2 saturated carbocycles. The maximum atomic E-state index is 10.2. The normalized spacial score (nSPS) is 41.1. The van der Waals surface area contributed by atoms with E-state index in [4.69, 9.17) is 0 Å². The van der Waals surface area contributed by atoms with E-state index in [0.717, 1.165) is 11.8 Å². The van der Waals surface area contributed by atoms with Gasteiger partial charge in [0.15, 0.2) is 0 Å². The number of hydrogen-bond donors (Lipinski definition) is 1. The molecule has 2 fully saturated rings. The third-order valence-corrected chi connectivity index (χ3v) is 3.97. The summed E-state index contributed by atoms with van der Waals surface area (Å²) >= 11 is 0. The van der Waals surface area contributed by atoms with E-state index in [2.05, 4.69) is 20.8 Å². The highest BCUT2D eigenvalue weighted by molar-refractivity contribution is 5.04. The lowest BCUT2D eigenvalue weighted by Crippen LogP contribution is -2.29. The van der Waals surface area contributed by atoms with Gasteiger partial charge in [0.25, 0.3) is 0 Å². The standard InChI is InChI=1S/C12H22O/c1-12(2,3)11(13)10-8-6-4-5-7-9(8)10/h8-11,13H,4-7H2,1-3H3. The summed E-state index contributed by atoms with van der Waals surface area (Å²) in [5.41, 5.74) is 0.0853. The fourth-order valence-corrected chi connectivity index (χ4v) is 3.09. The van der Waals surface area contributed by atoms with E-state index < -0.39 is 0 Å². The second-order valence-corrected chi connectivity index (χ2v) is 6.00. The van der Waals surface area contributed by atoms with Crippen molar-refractivity contribution in [2.24, 2.45) is 23.2 Å². The molecule has 2 aliphatic rings. The summed E-state index contributed by atoms with van der Waals surface area (Å²) in [6, 6.07) is 0. The molecule has 0 spiro atoms. The van der Waals surface area contributed by atoms with Gasteiger partial charge in [-0.25, -0.2) is 0 Å². The summed E-state index contributed by atoms with van der Waals surface area (Å²) in [4.78, 5) is 0. The quantitative estimate of drug-likeness (QED) is 0.661. The van der Waals surface area contributed by atoms with Gasteiger partial charge in [-0.05, 0) is 36.0 Å². The van der Waals surface area contributed by atoms with Gasteiger partial charge in [-0.1, -0.05) is 33.6 Å². The summed E-state index contributed by atoms with van der Waals surface area (Å²) in [7, 11) is 0. The Balaban J connectivity index is 1.97. The zero-order chi connectivity index (χ0) is 9.64. The summed E-state index contributed by atoms with van der Waals surface area (Å²) in [5, 5.41) is 10.2. The second-order valence-electron chi connectivity index (χ2n) is 6.00. The molecule has 1 heteroatoms. The van der Waals surface area contributed by atoms with Crippen molar-refractivity contribution in [3.63, 3.8) is 0 Å². The van der Waals surface area contributed by atoms with Gasteiger partial charge in [-0.3, -0.25) is 0 Å². The van der Waals surface area contributed by atoms with Crippen LogP contribution in [0.4, 0.5) is 0 Å². The predicted molar refractivity (Wildman–Crippen MR) is 54.4 cm³/mol. The third-order valence-electron chi connectivity index (χ3n) is 3.97. The SMILES string of the molecule is CC(C)(C)C(O)C1C2CCCCC21. The molecule has 1 N–H and O–H groups in total. The van der Waals surface area contributed by atoms with Gasteiger partial charge < -0.3 is 5.11 Å². The van der Waals surface area contributed by atoms with Gasteiger partial charge >= 0.3 is 0 Å². The fourth-order valence-electron chi connectivity index (χ4n) is 3.09. The third kappa shape index (κ3) is 1.63. The molecule has 3 unspecified atom stereocenters. The molecule has 0 radical (unpaired) electrons. The molecule has 13 heavy (non-hydrogen) atoms. The van der Waals surface area contributed by atoms with E-state index in [1.54, 1.807) is 0 Å². The van der Waals surface area contributed by atoms with E-state index in [9.17, 15) is 5.11 Å². The van der Waals surface area contributed by atoms with E-state index in [0.29, 0.717) is 5.92 Å². The minimum absolute atomic E-state index is 0.0689. The predicted octanol–water partition coefficient (Wildman–Crippen LogP) is 2.83. The Bertz CT molecular complexity index is 180. The van der Waals surface area contributed by atoms with Crippen molar-refractivity contribution in [2.75, 3.05) is 0 Å². The highest BCUT2D eigenvalue weighted by Gasteiger charge is 2.55. The average Bonchev–Trinajstić information content (AvgIpc) is 2.75. The molecule has 0 aromatic rings. The van der Waals surface area contributed by atoms with Gasteiger partial charge in [0.1, 0.15) is 0 Å². The maximum Gasteiger partial charge on any atom is 0.0622 e. The highest BCUT2D eigenvalue weighted by Crippen LogP contribution is 2.59. The minimum Gasteiger partial charge on any atom is -0.392 e. The molecule has 3 atom stereocenters. The zero-order valence-corrected chi connectivity index (χ0v) is 9.09. The fraction of sp³-hybridized carbons (Fsp3) is 1.00. The van der Waals surface area contributed by atoms with Crippen molar-refractivity contribution in [3.8, 4) is 0 Å². The lowest BCUT2D eigenvalue weighted by atomic mass is 9.85. The van der Waals surface area contributed by atoms with E-state index in [-0.39, 0.29) is 11.5 Å². The van der Waals surface area contributed by atoms with Crippen LogP contribution in [0.15, 0.2) is 0 Å². The lowest BCUT2D eigenvalue weighted by Gasteiger charge is -2.26. The summed E-state index contributed by atoms with van der Waals surface area (Å²) in [6.45, 7) is 6.46. The molecule has 0 aromatic carbocycles. The van der Waals surface area contributed by atoms with Crippen LogP contribution in [0.25, 0.3) is 0 Å². The number of fused-ring (bicyclic) bond motifs is 1. The van der Waals surface area contributed by atoms with Gasteiger partial charge in [0.2, 0.25) is 0 Å². The first-order valence-corrected chi connectivity index (χ1v) is 5.70. The zero-order valence-electron chi connectivity index (χ0n) is 9.09. The van der Waals surface area contributed by atoms with Crippen molar-refractivity contribution in [2.45, 2.75) is 52.6 Å². The molecule has 0 bridgehead atoms. The molecule has 0 saturated heterocycles. The average molecular weight is 182 g/mol. The van der Waals surface area contributed by atoms with Crippen LogP contribution in [-0.4, -0.2) is 11.2 Å². The molecule has 0 aromatic heterocycles. The number of rotatable bonds is 1. The smallest absolute Gasteiger partial charge is 0.0622 e. The van der Waals surface area contributed by atoms with Crippen LogP contribution in [0.1, 0.15) is 46.5 Å². The van der Waals surface area contributed by atoms with Crippen molar-refractivity contribution in [1.82, 2.24) is 0 Å². The van der Waals surface area contributed by atoms with Crippen LogP contribution in [0.5, 0.6) is 0 Å². The molecule has 0 amide bonds. The van der Waals surface area contributed by atoms with Crippen molar-refractivity contribution >= 4 is 0 Å². The van der Waals surface area contributed by atoms with Crippen molar-refractivity contribution in [1.29, 1.82) is 0 Å². The molecular formula is C12H22O. The van der Waals surface area contributed by atoms with Crippen LogP contribution in [0.2, 0.25) is 0 Å². The first kappa shape index (κ1) is 9.51. The largest absolute Gasteiger partial charge is 0.392 e. The molecule has 2 aliphatic carbocycles. The van der Waals surface area contributed by atoms with Gasteiger partial charge in [0, 0.05) is 0 Å². The van der Waals surface area contributed by atoms with Crippen LogP contribution in [0, 0.1) is 23.2 Å². The number of aliphatic hydroxyl groups is 1. The Morgan fingerprint density at radius 3 is 1.92 bits per heavy atom. The van der Waals surface area contributed by atoms with Crippen molar-refractivity contribution in [3.05, 3.63) is 0 Å². The lowest BCUT2D eigenvalue weighted by molar-refractivity contribution is 0.0360. The van der Waals surface area contributed by atoms with Gasteiger partial charge in [0.05, 0.1) is 6.10 Å². The Morgan fingerprint density at radius 1 is 1.08 bits per heavy atom. The molecule has 76 valence electrons. The van der Waals surface area contributed by atoms with Crippen LogP contribution in [-0.2, 0) is 0 Å².